The monoisotopic (exact) mass is 172 g/mol. The van der Waals surface area contributed by atoms with Crippen molar-refractivity contribution in [2.45, 2.75) is 18.8 Å². The molecule has 0 spiro atoms. The number of nitrogens with zero attached hydrogens (tertiary/aromatic N) is 2. The van der Waals surface area contributed by atoms with Crippen LogP contribution in [0.15, 0.2) is 24.4 Å². The van der Waals surface area contributed by atoms with Crippen molar-refractivity contribution >= 4 is 10.9 Å². The number of aromatic nitrogens is 2. The van der Waals surface area contributed by atoms with Crippen molar-refractivity contribution in [3.63, 3.8) is 0 Å². The summed E-state index contributed by atoms with van der Waals surface area (Å²) in [4.78, 5) is 0. The molecule has 0 unspecified atom stereocenters. The van der Waals surface area contributed by atoms with Crippen LogP contribution in [-0.2, 0) is 7.05 Å². The van der Waals surface area contributed by atoms with Crippen molar-refractivity contribution in [3.8, 4) is 0 Å². The first-order chi connectivity index (χ1) is 6.33. The summed E-state index contributed by atoms with van der Waals surface area (Å²) in [5.74, 6) is 0.825. The first kappa shape index (κ1) is 7.13. The minimum Gasteiger partial charge on any atom is -0.275 e. The van der Waals surface area contributed by atoms with Crippen LogP contribution in [0, 0.1) is 0 Å². The summed E-state index contributed by atoms with van der Waals surface area (Å²) in [6.45, 7) is 0. The van der Waals surface area contributed by atoms with Crippen LogP contribution in [0.2, 0.25) is 0 Å². The smallest absolute Gasteiger partial charge is 0.0926 e. The van der Waals surface area contributed by atoms with Crippen LogP contribution in [0.5, 0.6) is 0 Å². The van der Waals surface area contributed by atoms with Crippen LogP contribution in [0.25, 0.3) is 10.9 Å². The molecule has 0 radical (unpaired) electrons. The Hall–Kier alpha value is -1.31. The molecule has 2 aromatic rings. The van der Waals surface area contributed by atoms with Gasteiger partial charge >= 0.3 is 0 Å². The standard InChI is InChI=1S/C11H12N2/c1-13-7-10-5-4-9(8-2-3-8)6-11(10)12-13/h4-8H,2-3H2,1H3. The molecule has 1 aliphatic rings. The topological polar surface area (TPSA) is 17.8 Å². The number of hydrogen-bond acceptors (Lipinski definition) is 1. The van der Waals surface area contributed by atoms with Crippen LogP contribution in [0.4, 0.5) is 0 Å². The van der Waals surface area contributed by atoms with Crippen molar-refractivity contribution in [2.24, 2.45) is 7.05 Å². The number of benzene rings is 1. The fourth-order valence-electron chi connectivity index (χ4n) is 1.83. The van der Waals surface area contributed by atoms with E-state index >= 15 is 0 Å². The second-order valence-corrected chi connectivity index (χ2v) is 3.90. The highest BCUT2D eigenvalue weighted by molar-refractivity contribution is 5.78. The molecule has 13 heavy (non-hydrogen) atoms. The maximum atomic E-state index is 4.40. The van der Waals surface area contributed by atoms with Crippen molar-refractivity contribution in [1.29, 1.82) is 0 Å². The highest BCUT2D eigenvalue weighted by atomic mass is 15.2. The maximum absolute atomic E-state index is 4.40. The fraction of sp³-hybridized carbons (Fsp3) is 0.364. The molecule has 1 aromatic heterocycles. The Bertz CT molecular complexity index is 452. The fourth-order valence-corrected chi connectivity index (χ4v) is 1.83. The Morgan fingerprint density at radius 3 is 3.00 bits per heavy atom. The lowest BCUT2D eigenvalue weighted by atomic mass is 10.1. The third kappa shape index (κ3) is 1.13. The summed E-state index contributed by atoms with van der Waals surface area (Å²) >= 11 is 0. The minimum absolute atomic E-state index is 0.825. The maximum Gasteiger partial charge on any atom is 0.0926 e. The van der Waals surface area contributed by atoms with Gasteiger partial charge in [0.05, 0.1) is 5.52 Å². The van der Waals surface area contributed by atoms with Gasteiger partial charge in [-0.05, 0) is 30.4 Å². The molecular weight excluding hydrogens is 160 g/mol. The molecule has 3 rings (SSSR count). The summed E-state index contributed by atoms with van der Waals surface area (Å²) in [6.07, 6.45) is 4.78. The molecule has 0 aliphatic heterocycles. The summed E-state index contributed by atoms with van der Waals surface area (Å²) in [5, 5.41) is 5.64. The molecule has 1 aliphatic carbocycles. The van der Waals surface area contributed by atoms with Gasteiger partial charge in [-0.15, -0.1) is 0 Å². The first-order valence-electron chi connectivity index (χ1n) is 4.76. The third-order valence-electron chi connectivity index (χ3n) is 2.69. The Morgan fingerprint density at radius 2 is 2.23 bits per heavy atom. The predicted octanol–water partition coefficient (Wildman–Crippen LogP) is 2.45. The van der Waals surface area contributed by atoms with Crippen LogP contribution in [0.3, 0.4) is 0 Å². The van der Waals surface area contributed by atoms with Gasteiger partial charge in [-0.25, -0.2) is 0 Å². The molecule has 1 fully saturated rings. The first-order valence-corrected chi connectivity index (χ1v) is 4.76. The molecule has 0 atom stereocenters. The van der Waals surface area contributed by atoms with E-state index in [1.807, 2.05) is 11.7 Å². The average Bonchev–Trinajstić information content (AvgIpc) is 2.87. The number of fused-ring (bicyclic) bond motifs is 1. The minimum atomic E-state index is 0.825. The SMILES string of the molecule is Cn1cc2ccc(C3CC3)cc2n1. The molecule has 2 heteroatoms. The second kappa shape index (κ2) is 2.34. The number of rotatable bonds is 1. The van der Waals surface area contributed by atoms with Crippen molar-refractivity contribution < 1.29 is 0 Å². The van der Waals surface area contributed by atoms with E-state index in [4.69, 9.17) is 0 Å². The van der Waals surface area contributed by atoms with E-state index in [1.54, 1.807) is 0 Å². The average molecular weight is 172 g/mol. The molecule has 1 heterocycles. The summed E-state index contributed by atoms with van der Waals surface area (Å²) in [7, 11) is 1.97. The Morgan fingerprint density at radius 1 is 1.38 bits per heavy atom. The molecule has 1 aromatic carbocycles. The van der Waals surface area contributed by atoms with E-state index in [-0.39, 0.29) is 0 Å². The lowest BCUT2D eigenvalue weighted by molar-refractivity contribution is 0.779. The zero-order valence-electron chi connectivity index (χ0n) is 7.70. The van der Waals surface area contributed by atoms with E-state index < -0.39 is 0 Å². The van der Waals surface area contributed by atoms with E-state index in [2.05, 4.69) is 29.5 Å². The van der Waals surface area contributed by atoms with Gasteiger partial charge in [-0.1, -0.05) is 12.1 Å². The van der Waals surface area contributed by atoms with Gasteiger partial charge < -0.3 is 0 Å². The molecule has 2 nitrogen and oxygen atoms in total. The van der Waals surface area contributed by atoms with E-state index in [1.165, 1.54) is 23.8 Å². The van der Waals surface area contributed by atoms with Gasteiger partial charge in [0, 0.05) is 18.6 Å². The van der Waals surface area contributed by atoms with E-state index in [0.717, 1.165) is 11.4 Å². The molecular formula is C11H12N2. The van der Waals surface area contributed by atoms with Gasteiger partial charge in [0.25, 0.3) is 0 Å². The lowest BCUT2D eigenvalue weighted by Crippen LogP contribution is -1.85. The van der Waals surface area contributed by atoms with Gasteiger partial charge in [-0.3, -0.25) is 4.68 Å². The Balaban J connectivity index is 2.20. The summed E-state index contributed by atoms with van der Waals surface area (Å²) in [5.41, 5.74) is 2.60. The van der Waals surface area contributed by atoms with Gasteiger partial charge in [0.15, 0.2) is 0 Å². The van der Waals surface area contributed by atoms with Gasteiger partial charge in [0.1, 0.15) is 0 Å². The van der Waals surface area contributed by atoms with Gasteiger partial charge in [0.2, 0.25) is 0 Å². The highest BCUT2D eigenvalue weighted by Gasteiger charge is 2.23. The largest absolute Gasteiger partial charge is 0.275 e. The van der Waals surface area contributed by atoms with Crippen LogP contribution in [-0.4, -0.2) is 9.78 Å². The zero-order valence-corrected chi connectivity index (χ0v) is 7.70. The summed E-state index contributed by atoms with van der Waals surface area (Å²) < 4.78 is 1.88. The van der Waals surface area contributed by atoms with Gasteiger partial charge in [-0.2, -0.15) is 5.10 Å². The number of aryl methyl sites for hydroxylation is 1. The number of hydrogen-bond donors (Lipinski definition) is 0. The molecule has 0 saturated heterocycles. The highest BCUT2D eigenvalue weighted by Crippen LogP contribution is 2.40. The molecule has 0 N–H and O–H groups in total. The third-order valence-corrected chi connectivity index (χ3v) is 2.69. The predicted molar refractivity (Wildman–Crippen MR) is 52.7 cm³/mol. The Labute approximate surface area is 77.2 Å². The lowest BCUT2D eigenvalue weighted by Gasteiger charge is -1.95. The molecule has 0 amide bonds. The van der Waals surface area contributed by atoms with Crippen molar-refractivity contribution in [3.05, 3.63) is 30.0 Å². The van der Waals surface area contributed by atoms with E-state index in [9.17, 15) is 0 Å². The van der Waals surface area contributed by atoms with Crippen LogP contribution in [0.1, 0.15) is 24.3 Å². The van der Waals surface area contributed by atoms with Crippen molar-refractivity contribution in [2.75, 3.05) is 0 Å². The quantitative estimate of drug-likeness (QED) is 0.646. The van der Waals surface area contributed by atoms with Crippen LogP contribution < -0.4 is 0 Å². The normalized spacial score (nSPS) is 16.7. The molecule has 1 saturated carbocycles. The zero-order chi connectivity index (χ0) is 8.84. The van der Waals surface area contributed by atoms with Crippen LogP contribution >= 0.6 is 0 Å². The Kier molecular flexibility index (Phi) is 1.29. The molecule has 0 bridgehead atoms. The summed E-state index contributed by atoms with van der Waals surface area (Å²) in [6, 6.07) is 6.64. The van der Waals surface area contributed by atoms with Crippen molar-refractivity contribution in [1.82, 2.24) is 9.78 Å². The second-order valence-electron chi connectivity index (χ2n) is 3.90. The molecule has 66 valence electrons. The van der Waals surface area contributed by atoms with E-state index in [0.29, 0.717) is 0 Å².